The number of hydrogen-bond acceptors (Lipinski definition) is 3. The van der Waals surface area contributed by atoms with Crippen LogP contribution in [0.4, 0.5) is 0 Å². The fourth-order valence-electron chi connectivity index (χ4n) is 2.02. The topological polar surface area (TPSA) is 61.4 Å². The molecule has 0 saturated heterocycles. The van der Waals surface area contributed by atoms with Crippen molar-refractivity contribution in [2.75, 3.05) is 26.2 Å². The van der Waals surface area contributed by atoms with Gasteiger partial charge < -0.3 is 15.5 Å². The Labute approximate surface area is 137 Å². The van der Waals surface area contributed by atoms with Crippen LogP contribution in [0.15, 0.2) is 24.3 Å². The molecule has 1 atom stereocenters. The fourth-order valence-corrected chi connectivity index (χ4v) is 2.24. The minimum Gasteiger partial charge on any atom is -0.353 e. The van der Waals surface area contributed by atoms with Gasteiger partial charge in [-0.3, -0.25) is 9.59 Å². The lowest BCUT2D eigenvalue weighted by Gasteiger charge is -2.19. The lowest BCUT2D eigenvalue weighted by molar-refractivity contribution is -0.122. The molecule has 6 heteroatoms. The maximum Gasteiger partial charge on any atom is 0.253 e. The van der Waals surface area contributed by atoms with Crippen LogP contribution >= 0.6 is 11.6 Å². The van der Waals surface area contributed by atoms with E-state index in [1.807, 2.05) is 0 Å². The number of halogens is 1. The SMILES string of the molecule is CCN(CC)CCNC(=O)C(C)NC(=O)c1ccccc1Cl. The molecule has 22 heavy (non-hydrogen) atoms. The molecular weight excluding hydrogens is 302 g/mol. The van der Waals surface area contributed by atoms with Crippen LogP contribution in [0.2, 0.25) is 5.02 Å². The number of carbonyl (C=O) groups is 2. The first-order valence-corrected chi connectivity index (χ1v) is 7.92. The van der Waals surface area contributed by atoms with E-state index in [2.05, 4.69) is 29.4 Å². The third kappa shape index (κ3) is 5.66. The van der Waals surface area contributed by atoms with Crippen molar-refractivity contribution in [3.8, 4) is 0 Å². The highest BCUT2D eigenvalue weighted by Gasteiger charge is 2.17. The molecule has 0 aliphatic heterocycles. The van der Waals surface area contributed by atoms with Gasteiger partial charge in [0, 0.05) is 13.1 Å². The summed E-state index contributed by atoms with van der Waals surface area (Å²) in [6, 6.07) is 6.15. The fraction of sp³-hybridized carbons (Fsp3) is 0.500. The van der Waals surface area contributed by atoms with Crippen LogP contribution < -0.4 is 10.6 Å². The highest BCUT2D eigenvalue weighted by Crippen LogP contribution is 2.14. The van der Waals surface area contributed by atoms with Crippen molar-refractivity contribution in [1.29, 1.82) is 0 Å². The minimum absolute atomic E-state index is 0.201. The van der Waals surface area contributed by atoms with Crippen molar-refractivity contribution < 1.29 is 9.59 Å². The van der Waals surface area contributed by atoms with Gasteiger partial charge in [0.05, 0.1) is 10.6 Å². The number of nitrogens with zero attached hydrogens (tertiary/aromatic N) is 1. The summed E-state index contributed by atoms with van der Waals surface area (Å²) in [7, 11) is 0. The molecule has 0 aliphatic carbocycles. The van der Waals surface area contributed by atoms with Crippen LogP contribution in [0.1, 0.15) is 31.1 Å². The first-order chi connectivity index (χ1) is 10.5. The zero-order valence-electron chi connectivity index (χ0n) is 13.4. The van der Waals surface area contributed by atoms with Gasteiger partial charge in [-0.05, 0) is 32.1 Å². The van der Waals surface area contributed by atoms with E-state index in [4.69, 9.17) is 11.6 Å². The molecule has 0 heterocycles. The van der Waals surface area contributed by atoms with Gasteiger partial charge in [0.2, 0.25) is 5.91 Å². The summed E-state index contributed by atoms with van der Waals surface area (Å²) in [5.74, 6) is -0.551. The summed E-state index contributed by atoms with van der Waals surface area (Å²) in [5.41, 5.74) is 0.368. The summed E-state index contributed by atoms with van der Waals surface area (Å²) >= 11 is 5.97. The molecule has 0 fully saturated rings. The molecule has 0 bridgehead atoms. The Kier molecular flexibility index (Phi) is 7.91. The second-order valence-electron chi connectivity index (χ2n) is 4.99. The summed E-state index contributed by atoms with van der Waals surface area (Å²) in [6.07, 6.45) is 0. The van der Waals surface area contributed by atoms with Gasteiger partial charge in [-0.15, -0.1) is 0 Å². The van der Waals surface area contributed by atoms with E-state index in [9.17, 15) is 9.59 Å². The van der Waals surface area contributed by atoms with Crippen molar-refractivity contribution >= 4 is 23.4 Å². The number of likely N-dealkylation sites (N-methyl/N-ethyl adjacent to an activating group) is 1. The average Bonchev–Trinajstić information content (AvgIpc) is 2.51. The molecular formula is C16H24ClN3O2. The number of amides is 2. The van der Waals surface area contributed by atoms with Crippen molar-refractivity contribution in [1.82, 2.24) is 15.5 Å². The Bertz CT molecular complexity index is 504. The van der Waals surface area contributed by atoms with Crippen LogP contribution in [0, 0.1) is 0 Å². The zero-order chi connectivity index (χ0) is 16.5. The Morgan fingerprint density at radius 3 is 2.45 bits per heavy atom. The molecule has 2 amide bonds. The van der Waals surface area contributed by atoms with Gasteiger partial charge in [0.25, 0.3) is 5.91 Å². The minimum atomic E-state index is -0.611. The van der Waals surface area contributed by atoms with Gasteiger partial charge in [0.1, 0.15) is 6.04 Å². The normalized spacial score (nSPS) is 12.0. The number of benzene rings is 1. The van der Waals surface area contributed by atoms with Crippen LogP contribution in [-0.4, -0.2) is 48.9 Å². The third-order valence-electron chi connectivity index (χ3n) is 3.48. The molecule has 0 spiro atoms. The van der Waals surface area contributed by atoms with E-state index >= 15 is 0 Å². The number of hydrogen-bond donors (Lipinski definition) is 2. The van der Waals surface area contributed by atoms with E-state index in [0.29, 0.717) is 17.1 Å². The van der Waals surface area contributed by atoms with Gasteiger partial charge in [-0.1, -0.05) is 37.6 Å². The number of nitrogens with one attached hydrogen (secondary N) is 2. The lowest BCUT2D eigenvalue weighted by Crippen LogP contribution is -2.46. The second kappa shape index (κ2) is 9.43. The van der Waals surface area contributed by atoms with Crippen molar-refractivity contribution in [3.63, 3.8) is 0 Å². The molecule has 2 N–H and O–H groups in total. The van der Waals surface area contributed by atoms with Crippen LogP contribution in [0.3, 0.4) is 0 Å². The number of carbonyl (C=O) groups excluding carboxylic acids is 2. The van der Waals surface area contributed by atoms with Crippen LogP contribution in [0.25, 0.3) is 0 Å². The van der Waals surface area contributed by atoms with Crippen LogP contribution in [0.5, 0.6) is 0 Å². The maximum atomic E-state index is 12.1. The molecule has 0 radical (unpaired) electrons. The highest BCUT2D eigenvalue weighted by molar-refractivity contribution is 6.33. The number of rotatable bonds is 8. The molecule has 1 aromatic rings. The van der Waals surface area contributed by atoms with Gasteiger partial charge in [0.15, 0.2) is 0 Å². The summed E-state index contributed by atoms with van der Waals surface area (Å²) in [5, 5.41) is 5.85. The average molecular weight is 326 g/mol. The Morgan fingerprint density at radius 2 is 1.86 bits per heavy atom. The smallest absolute Gasteiger partial charge is 0.253 e. The second-order valence-corrected chi connectivity index (χ2v) is 5.40. The molecule has 0 saturated carbocycles. The molecule has 1 aromatic carbocycles. The lowest BCUT2D eigenvalue weighted by atomic mass is 10.2. The first-order valence-electron chi connectivity index (χ1n) is 7.55. The monoisotopic (exact) mass is 325 g/mol. The van der Waals surface area contributed by atoms with Gasteiger partial charge in [-0.2, -0.15) is 0 Å². The Hall–Kier alpha value is -1.59. The quantitative estimate of drug-likeness (QED) is 0.767. The predicted molar refractivity (Wildman–Crippen MR) is 89.2 cm³/mol. The summed E-state index contributed by atoms with van der Waals surface area (Å²) in [4.78, 5) is 26.3. The van der Waals surface area contributed by atoms with Gasteiger partial charge >= 0.3 is 0 Å². The molecule has 122 valence electrons. The first kappa shape index (κ1) is 18.5. The van der Waals surface area contributed by atoms with Crippen molar-refractivity contribution in [2.24, 2.45) is 0 Å². The summed E-state index contributed by atoms with van der Waals surface area (Å²) < 4.78 is 0. The van der Waals surface area contributed by atoms with Gasteiger partial charge in [-0.25, -0.2) is 0 Å². The molecule has 1 unspecified atom stereocenters. The highest BCUT2D eigenvalue weighted by atomic mass is 35.5. The van der Waals surface area contributed by atoms with Crippen LogP contribution in [-0.2, 0) is 4.79 Å². The standard InChI is InChI=1S/C16H24ClN3O2/c1-4-20(5-2)11-10-18-15(21)12(3)19-16(22)13-8-6-7-9-14(13)17/h6-9,12H,4-5,10-11H2,1-3H3,(H,18,21)(H,19,22). The maximum absolute atomic E-state index is 12.1. The summed E-state index contributed by atoms with van der Waals surface area (Å²) in [6.45, 7) is 9.07. The molecule has 5 nitrogen and oxygen atoms in total. The van der Waals surface area contributed by atoms with Crippen molar-refractivity contribution in [2.45, 2.75) is 26.8 Å². The molecule has 1 rings (SSSR count). The van der Waals surface area contributed by atoms with E-state index in [1.54, 1.807) is 31.2 Å². The third-order valence-corrected chi connectivity index (χ3v) is 3.81. The van der Waals surface area contributed by atoms with E-state index in [-0.39, 0.29) is 11.8 Å². The molecule has 0 aliphatic rings. The molecule has 0 aromatic heterocycles. The Morgan fingerprint density at radius 1 is 1.23 bits per heavy atom. The predicted octanol–water partition coefficient (Wildman–Crippen LogP) is 1.92. The zero-order valence-corrected chi connectivity index (χ0v) is 14.1. The van der Waals surface area contributed by atoms with E-state index in [0.717, 1.165) is 19.6 Å². The van der Waals surface area contributed by atoms with Crippen molar-refractivity contribution in [3.05, 3.63) is 34.9 Å². The largest absolute Gasteiger partial charge is 0.353 e. The van der Waals surface area contributed by atoms with E-state index in [1.165, 1.54) is 0 Å². The Balaban J connectivity index is 2.44. The van der Waals surface area contributed by atoms with E-state index < -0.39 is 6.04 Å².